The third-order valence-electron chi connectivity index (χ3n) is 4.56. The Kier molecular flexibility index (Phi) is 5.62. The molecule has 2 aromatic heterocycles. The lowest BCUT2D eigenvalue weighted by molar-refractivity contribution is -0.133. The monoisotopic (exact) mass is 407 g/mol. The summed E-state index contributed by atoms with van der Waals surface area (Å²) in [6.07, 6.45) is 0.980. The second-order valence-electron chi connectivity index (χ2n) is 6.54. The van der Waals surface area contributed by atoms with Crippen LogP contribution in [0.15, 0.2) is 58.3 Å². The largest absolute Gasteiger partial charge is 0.493 e. The van der Waals surface area contributed by atoms with Crippen molar-refractivity contribution in [2.24, 2.45) is 0 Å². The Bertz CT molecular complexity index is 1130. The molecular weight excluding hydrogens is 386 g/mol. The van der Waals surface area contributed by atoms with Gasteiger partial charge in [0.05, 0.1) is 17.0 Å². The maximum Gasteiger partial charge on any atom is 0.310 e. The minimum absolute atomic E-state index is 0.246. The highest BCUT2D eigenvalue weighted by Crippen LogP contribution is 2.37. The van der Waals surface area contributed by atoms with Gasteiger partial charge in [0.15, 0.2) is 0 Å². The van der Waals surface area contributed by atoms with E-state index in [1.165, 1.54) is 11.3 Å². The van der Waals surface area contributed by atoms with Gasteiger partial charge in [-0.2, -0.15) is 0 Å². The van der Waals surface area contributed by atoms with Crippen molar-refractivity contribution in [1.29, 1.82) is 0 Å². The number of oxazole rings is 1. The Labute approximate surface area is 172 Å². The topological polar surface area (TPSA) is 61.6 Å². The fourth-order valence-corrected chi connectivity index (χ4v) is 3.90. The lowest BCUT2D eigenvalue weighted by Crippen LogP contribution is -2.06. The average Bonchev–Trinajstić information content (AvgIpc) is 3.38. The molecule has 29 heavy (non-hydrogen) atoms. The molecule has 148 valence electrons. The van der Waals surface area contributed by atoms with Crippen molar-refractivity contribution >= 4 is 27.4 Å². The third kappa shape index (κ3) is 4.17. The van der Waals surface area contributed by atoms with Crippen molar-refractivity contribution < 1.29 is 18.7 Å². The van der Waals surface area contributed by atoms with Crippen LogP contribution in [0.3, 0.4) is 0 Å². The van der Waals surface area contributed by atoms with E-state index in [-0.39, 0.29) is 5.97 Å². The van der Waals surface area contributed by atoms with Crippen LogP contribution in [0.4, 0.5) is 0 Å². The summed E-state index contributed by atoms with van der Waals surface area (Å²) in [7, 11) is 0. The number of rotatable bonds is 7. The molecule has 2 aromatic carbocycles. The molecule has 4 rings (SSSR count). The molecule has 0 radical (unpaired) electrons. The fraction of sp³-hybridized carbons (Fsp3) is 0.217. The minimum atomic E-state index is -0.246. The van der Waals surface area contributed by atoms with E-state index in [0.29, 0.717) is 31.1 Å². The van der Waals surface area contributed by atoms with Gasteiger partial charge in [0, 0.05) is 23.8 Å². The van der Waals surface area contributed by atoms with Crippen LogP contribution in [0.1, 0.15) is 24.8 Å². The number of ether oxygens (including phenoxy) is 2. The molecule has 0 bridgehead atoms. The Morgan fingerprint density at radius 3 is 2.69 bits per heavy atom. The van der Waals surface area contributed by atoms with Crippen molar-refractivity contribution in [2.45, 2.75) is 26.7 Å². The lowest BCUT2D eigenvalue weighted by atomic mass is 10.2. The van der Waals surface area contributed by atoms with Crippen LogP contribution in [0.2, 0.25) is 0 Å². The summed E-state index contributed by atoms with van der Waals surface area (Å²) in [5.74, 6) is 2.52. The molecule has 4 aromatic rings. The summed E-state index contributed by atoms with van der Waals surface area (Å²) in [5, 5.41) is 2.91. The maximum atomic E-state index is 11.6. The summed E-state index contributed by atoms with van der Waals surface area (Å²) < 4.78 is 18.2. The lowest BCUT2D eigenvalue weighted by Gasteiger charge is -2.09. The number of hydrogen-bond acceptors (Lipinski definition) is 6. The second kappa shape index (κ2) is 8.49. The van der Waals surface area contributed by atoms with Gasteiger partial charge in [-0.25, -0.2) is 4.98 Å². The van der Waals surface area contributed by atoms with E-state index >= 15 is 0 Å². The molecular formula is C23H21NO4S. The molecule has 0 amide bonds. The Morgan fingerprint density at radius 1 is 1.10 bits per heavy atom. The zero-order chi connectivity index (χ0) is 20.2. The number of aryl methyl sites for hydroxylation is 1. The molecule has 0 atom stereocenters. The zero-order valence-electron chi connectivity index (χ0n) is 16.3. The predicted octanol–water partition coefficient (Wildman–Crippen LogP) is 5.80. The first-order valence-corrected chi connectivity index (χ1v) is 10.4. The highest BCUT2D eigenvalue weighted by molar-refractivity contribution is 7.17. The van der Waals surface area contributed by atoms with Gasteiger partial charge in [-0.1, -0.05) is 25.1 Å². The molecule has 0 saturated carbocycles. The van der Waals surface area contributed by atoms with Crippen molar-refractivity contribution in [1.82, 2.24) is 4.98 Å². The number of aromatic nitrogens is 1. The summed E-state index contributed by atoms with van der Waals surface area (Å²) >= 11 is 1.53. The molecule has 5 nitrogen and oxygen atoms in total. The number of fused-ring (bicyclic) bond motifs is 1. The van der Waals surface area contributed by atoms with Crippen molar-refractivity contribution in [3.63, 3.8) is 0 Å². The van der Waals surface area contributed by atoms with Crippen LogP contribution in [0.25, 0.3) is 21.5 Å². The Hall–Kier alpha value is -3.12. The van der Waals surface area contributed by atoms with Crippen molar-refractivity contribution in [2.75, 3.05) is 6.61 Å². The van der Waals surface area contributed by atoms with Crippen LogP contribution in [0.5, 0.6) is 11.5 Å². The molecule has 2 heterocycles. The molecule has 0 aliphatic heterocycles. The van der Waals surface area contributed by atoms with E-state index in [2.05, 4.69) is 4.98 Å². The summed E-state index contributed by atoms with van der Waals surface area (Å²) in [5.41, 5.74) is 1.85. The number of esters is 1. The molecule has 0 unspecified atom stereocenters. The van der Waals surface area contributed by atoms with Gasteiger partial charge < -0.3 is 13.9 Å². The Balaban J connectivity index is 1.46. The molecule has 0 N–H and O–H groups in total. The fourth-order valence-electron chi connectivity index (χ4n) is 3.03. The van der Waals surface area contributed by atoms with Gasteiger partial charge in [0.2, 0.25) is 5.89 Å². The predicted molar refractivity (Wildman–Crippen MR) is 114 cm³/mol. The number of benzene rings is 2. The van der Waals surface area contributed by atoms with Crippen LogP contribution in [-0.4, -0.2) is 17.6 Å². The van der Waals surface area contributed by atoms with Crippen LogP contribution < -0.4 is 9.47 Å². The minimum Gasteiger partial charge on any atom is -0.493 e. The smallest absolute Gasteiger partial charge is 0.310 e. The van der Waals surface area contributed by atoms with Crippen molar-refractivity contribution in [3.8, 4) is 23.0 Å². The normalized spacial score (nSPS) is 11.0. The number of nitrogens with zero attached hydrogens (tertiary/aromatic N) is 1. The molecule has 0 aliphatic rings. The van der Waals surface area contributed by atoms with E-state index in [1.807, 2.05) is 54.8 Å². The van der Waals surface area contributed by atoms with Crippen LogP contribution in [0, 0.1) is 6.92 Å². The van der Waals surface area contributed by atoms with Crippen LogP contribution >= 0.6 is 11.3 Å². The summed E-state index contributed by atoms with van der Waals surface area (Å²) in [6, 6.07) is 15.5. The van der Waals surface area contributed by atoms with Crippen LogP contribution in [-0.2, 0) is 11.2 Å². The maximum absolute atomic E-state index is 11.6. The first kappa shape index (κ1) is 19.2. The SMILES string of the molecule is CCC(=O)Oc1ccc(OCCc2nc(-c3ccccc3)oc2C)c2ccsc12. The number of thiophene rings is 1. The quantitative estimate of drug-likeness (QED) is 0.286. The van der Waals surface area contributed by atoms with Gasteiger partial charge in [0.25, 0.3) is 0 Å². The standard InChI is InChI=1S/C23H21NO4S/c1-3-21(25)28-20-10-9-19(17-12-14-29-22(17)20)26-13-11-18-15(2)27-23(24-18)16-7-5-4-6-8-16/h4-10,12,14H,3,11,13H2,1-2H3. The van der Waals surface area contributed by atoms with Gasteiger partial charge in [0.1, 0.15) is 17.3 Å². The second-order valence-corrected chi connectivity index (χ2v) is 7.46. The number of hydrogen-bond donors (Lipinski definition) is 0. The molecule has 0 saturated heterocycles. The third-order valence-corrected chi connectivity index (χ3v) is 5.49. The van der Waals surface area contributed by atoms with E-state index in [9.17, 15) is 4.79 Å². The zero-order valence-corrected chi connectivity index (χ0v) is 17.1. The molecule has 0 spiro atoms. The molecule has 6 heteroatoms. The van der Waals surface area contributed by atoms with E-state index < -0.39 is 0 Å². The number of carbonyl (C=O) groups is 1. The van der Waals surface area contributed by atoms with Gasteiger partial charge in [-0.15, -0.1) is 11.3 Å². The van der Waals surface area contributed by atoms with E-state index in [0.717, 1.165) is 32.9 Å². The van der Waals surface area contributed by atoms with Crippen molar-refractivity contribution in [3.05, 3.63) is 65.4 Å². The molecule has 0 aliphatic carbocycles. The van der Waals surface area contributed by atoms with Gasteiger partial charge >= 0.3 is 5.97 Å². The summed E-state index contributed by atoms with van der Waals surface area (Å²) in [4.78, 5) is 16.2. The highest BCUT2D eigenvalue weighted by atomic mass is 32.1. The first-order valence-electron chi connectivity index (χ1n) is 9.51. The van der Waals surface area contributed by atoms with E-state index in [1.54, 1.807) is 13.0 Å². The highest BCUT2D eigenvalue weighted by Gasteiger charge is 2.14. The van der Waals surface area contributed by atoms with Gasteiger partial charge in [-0.3, -0.25) is 4.79 Å². The Morgan fingerprint density at radius 2 is 1.90 bits per heavy atom. The summed E-state index contributed by atoms with van der Waals surface area (Å²) in [6.45, 7) is 4.17. The molecule has 0 fully saturated rings. The average molecular weight is 407 g/mol. The first-order chi connectivity index (χ1) is 14.2. The van der Waals surface area contributed by atoms with E-state index in [4.69, 9.17) is 13.9 Å². The number of carbonyl (C=O) groups excluding carboxylic acids is 1. The van der Waals surface area contributed by atoms with Gasteiger partial charge in [-0.05, 0) is 42.6 Å².